The highest BCUT2D eigenvalue weighted by Gasteiger charge is 2.19. The van der Waals surface area contributed by atoms with E-state index < -0.39 is 0 Å². The van der Waals surface area contributed by atoms with Crippen molar-refractivity contribution >= 4 is 5.69 Å². The molecule has 2 heterocycles. The van der Waals surface area contributed by atoms with Crippen molar-refractivity contribution in [2.24, 2.45) is 0 Å². The molecule has 1 fully saturated rings. The molecule has 0 bridgehead atoms. The van der Waals surface area contributed by atoms with Crippen molar-refractivity contribution in [2.75, 3.05) is 44.7 Å². The van der Waals surface area contributed by atoms with Crippen molar-refractivity contribution in [3.8, 4) is 17.0 Å². The number of piperazine rings is 1. The van der Waals surface area contributed by atoms with Gasteiger partial charge in [0.2, 0.25) is 0 Å². The molecule has 1 aliphatic rings. The largest absolute Gasteiger partial charge is 0.495 e. The molecular weight excluding hydrogens is 338 g/mol. The molecule has 1 saturated heterocycles. The second kappa shape index (κ2) is 8.22. The molecule has 0 N–H and O–H groups in total. The molecule has 3 aromatic rings. The van der Waals surface area contributed by atoms with Crippen LogP contribution in [0.3, 0.4) is 0 Å². The van der Waals surface area contributed by atoms with Crippen LogP contribution in [0.4, 0.5) is 5.69 Å². The molecule has 0 atom stereocenters. The van der Waals surface area contributed by atoms with Crippen LogP contribution in [-0.2, 0) is 6.54 Å². The van der Waals surface area contributed by atoms with Gasteiger partial charge in [-0.25, -0.2) is 4.68 Å². The van der Waals surface area contributed by atoms with E-state index in [1.165, 1.54) is 5.69 Å². The zero-order valence-electron chi connectivity index (χ0n) is 15.7. The van der Waals surface area contributed by atoms with E-state index in [-0.39, 0.29) is 0 Å². The Hall–Kier alpha value is -2.86. The zero-order valence-corrected chi connectivity index (χ0v) is 15.7. The van der Waals surface area contributed by atoms with Crippen molar-refractivity contribution < 1.29 is 4.74 Å². The minimum atomic E-state index is 0.846. The van der Waals surface area contributed by atoms with Gasteiger partial charge in [-0.3, -0.25) is 4.90 Å². The number of para-hydroxylation sites is 2. The van der Waals surface area contributed by atoms with Crippen LogP contribution in [0.2, 0.25) is 0 Å². The van der Waals surface area contributed by atoms with Gasteiger partial charge >= 0.3 is 0 Å². The Morgan fingerprint density at radius 3 is 2.41 bits per heavy atom. The minimum Gasteiger partial charge on any atom is -0.495 e. The molecule has 0 amide bonds. The SMILES string of the molecule is COc1ccccc1N1CCN(CCn2nncc2-c2ccccc2)CC1. The first-order valence-corrected chi connectivity index (χ1v) is 9.39. The Morgan fingerprint density at radius 1 is 0.889 bits per heavy atom. The number of hydrogen-bond acceptors (Lipinski definition) is 5. The molecule has 140 valence electrons. The molecule has 1 aliphatic heterocycles. The van der Waals surface area contributed by atoms with Gasteiger partial charge in [0.25, 0.3) is 0 Å². The molecule has 0 saturated carbocycles. The van der Waals surface area contributed by atoms with Crippen molar-refractivity contribution in [2.45, 2.75) is 6.54 Å². The van der Waals surface area contributed by atoms with E-state index in [4.69, 9.17) is 4.74 Å². The molecule has 6 heteroatoms. The standard InChI is InChI=1S/C21H25N5O/c1-27-21-10-6-5-9-19(21)25-14-11-24(12-15-25)13-16-26-20(17-22-23-26)18-7-3-2-4-8-18/h2-10,17H,11-16H2,1H3. The van der Waals surface area contributed by atoms with Gasteiger partial charge in [-0.15, -0.1) is 5.10 Å². The number of ether oxygens (including phenoxy) is 1. The van der Waals surface area contributed by atoms with Crippen LogP contribution >= 0.6 is 0 Å². The Bertz CT molecular complexity index is 856. The predicted octanol–water partition coefficient (Wildman–Crippen LogP) is 2.78. The summed E-state index contributed by atoms with van der Waals surface area (Å²) in [7, 11) is 1.73. The molecule has 0 radical (unpaired) electrons. The van der Waals surface area contributed by atoms with Crippen LogP contribution < -0.4 is 9.64 Å². The smallest absolute Gasteiger partial charge is 0.142 e. The van der Waals surface area contributed by atoms with Gasteiger partial charge in [0.15, 0.2) is 0 Å². The maximum atomic E-state index is 5.50. The highest BCUT2D eigenvalue weighted by Crippen LogP contribution is 2.28. The number of anilines is 1. The molecule has 0 spiro atoms. The zero-order chi connectivity index (χ0) is 18.5. The molecule has 2 aromatic carbocycles. The third-order valence-electron chi connectivity index (χ3n) is 5.11. The van der Waals surface area contributed by atoms with Gasteiger partial charge in [0.1, 0.15) is 5.75 Å². The first kappa shape index (κ1) is 17.5. The summed E-state index contributed by atoms with van der Waals surface area (Å²) >= 11 is 0. The van der Waals surface area contributed by atoms with Crippen LogP contribution in [0.15, 0.2) is 60.8 Å². The van der Waals surface area contributed by atoms with Crippen molar-refractivity contribution in [3.63, 3.8) is 0 Å². The Labute approximate surface area is 160 Å². The van der Waals surface area contributed by atoms with E-state index in [2.05, 4.69) is 44.4 Å². The maximum absolute atomic E-state index is 5.50. The fourth-order valence-corrected chi connectivity index (χ4v) is 3.59. The first-order valence-electron chi connectivity index (χ1n) is 9.39. The normalized spacial score (nSPS) is 15.1. The second-order valence-electron chi connectivity index (χ2n) is 6.71. The third kappa shape index (κ3) is 3.95. The van der Waals surface area contributed by atoms with E-state index in [0.717, 1.165) is 56.3 Å². The second-order valence-corrected chi connectivity index (χ2v) is 6.71. The molecule has 0 unspecified atom stereocenters. The Balaban J connectivity index is 1.34. The monoisotopic (exact) mass is 363 g/mol. The summed E-state index contributed by atoms with van der Waals surface area (Å²) < 4.78 is 7.51. The number of methoxy groups -OCH3 is 1. The summed E-state index contributed by atoms with van der Waals surface area (Å²) in [6.07, 6.45) is 1.84. The predicted molar refractivity (Wildman–Crippen MR) is 107 cm³/mol. The summed E-state index contributed by atoms with van der Waals surface area (Å²) in [5, 5.41) is 8.38. The molecule has 6 nitrogen and oxygen atoms in total. The maximum Gasteiger partial charge on any atom is 0.142 e. The van der Waals surface area contributed by atoms with E-state index in [1.807, 2.05) is 41.2 Å². The average molecular weight is 363 g/mol. The summed E-state index contributed by atoms with van der Waals surface area (Å²) in [5.74, 6) is 0.945. The Morgan fingerprint density at radius 2 is 1.63 bits per heavy atom. The molecule has 4 rings (SSSR count). The number of benzene rings is 2. The van der Waals surface area contributed by atoms with E-state index in [9.17, 15) is 0 Å². The quantitative estimate of drug-likeness (QED) is 0.674. The summed E-state index contributed by atoms with van der Waals surface area (Å²) in [4.78, 5) is 4.89. The number of nitrogens with zero attached hydrogens (tertiary/aromatic N) is 5. The summed E-state index contributed by atoms with van der Waals surface area (Å²) in [6, 6.07) is 18.6. The topological polar surface area (TPSA) is 46.4 Å². The molecular formula is C21H25N5O. The molecule has 27 heavy (non-hydrogen) atoms. The molecule has 1 aromatic heterocycles. The van der Waals surface area contributed by atoms with E-state index in [0.29, 0.717) is 0 Å². The lowest BCUT2D eigenvalue weighted by Crippen LogP contribution is -2.47. The first-order chi connectivity index (χ1) is 13.3. The van der Waals surface area contributed by atoms with Crippen LogP contribution in [0.1, 0.15) is 0 Å². The van der Waals surface area contributed by atoms with Gasteiger partial charge in [0, 0.05) is 38.3 Å². The van der Waals surface area contributed by atoms with Gasteiger partial charge in [-0.05, 0) is 12.1 Å². The van der Waals surface area contributed by atoms with Crippen molar-refractivity contribution in [1.29, 1.82) is 0 Å². The van der Waals surface area contributed by atoms with Crippen LogP contribution in [0, 0.1) is 0 Å². The fraction of sp³-hybridized carbons (Fsp3) is 0.333. The highest BCUT2D eigenvalue weighted by atomic mass is 16.5. The van der Waals surface area contributed by atoms with Crippen molar-refractivity contribution in [3.05, 3.63) is 60.8 Å². The van der Waals surface area contributed by atoms with E-state index in [1.54, 1.807) is 7.11 Å². The number of rotatable bonds is 6. The van der Waals surface area contributed by atoms with E-state index >= 15 is 0 Å². The highest BCUT2D eigenvalue weighted by molar-refractivity contribution is 5.59. The number of aromatic nitrogens is 3. The summed E-state index contributed by atoms with van der Waals surface area (Å²) in [6.45, 7) is 5.90. The third-order valence-corrected chi connectivity index (χ3v) is 5.11. The Kier molecular flexibility index (Phi) is 5.34. The van der Waals surface area contributed by atoms with Crippen molar-refractivity contribution in [1.82, 2.24) is 19.9 Å². The summed E-state index contributed by atoms with van der Waals surface area (Å²) in [5.41, 5.74) is 3.41. The van der Waals surface area contributed by atoms with Crippen LogP contribution in [0.25, 0.3) is 11.3 Å². The lowest BCUT2D eigenvalue weighted by atomic mass is 10.2. The number of hydrogen-bond donors (Lipinski definition) is 0. The van der Waals surface area contributed by atoms with Crippen LogP contribution in [-0.4, -0.2) is 59.7 Å². The lowest BCUT2D eigenvalue weighted by molar-refractivity contribution is 0.243. The van der Waals surface area contributed by atoms with Gasteiger partial charge in [-0.2, -0.15) is 0 Å². The van der Waals surface area contributed by atoms with Gasteiger partial charge in [0.05, 0.1) is 31.2 Å². The van der Waals surface area contributed by atoms with Gasteiger partial charge < -0.3 is 9.64 Å². The van der Waals surface area contributed by atoms with Crippen LogP contribution in [0.5, 0.6) is 5.75 Å². The minimum absolute atomic E-state index is 0.846. The average Bonchev–Trinajstić information content (AvgIpc) is 3.22. The lowest BCUT2D eigenvalue weighted by Gasteiger charge is -2.36. The fourth-order valence-electron chi connectivity index (χ4n) is 3.59. The molecule has 0 aliphatic carbocycles. The van der Waals surface area contributed by atoms with Gasteiger partial charge in [-0.1, -0.05) is 47.7 Å².